The summed E-state index contributed by atoms with van der Waals surface area (Å²) in [5.74, 6) is 0. The Bertz CT molecular complexity index is 390. The Kier molecular flexibility index (Phi) is 6.34. The van der Waals surface area contributed by atoms with Crippen molar-refractivity contribution >= 4 is 11.6 Å². The topological polar surface area (TPSA) is 15.3 Å². The van der Waals surface area contributed by atoms with Gasteiger partial charge in [-0.05, 0) is 50.0 Å². The Hall–Kier alpha value is -0.570. The van der Waals surface area contributed by atoms with E-state index in [2.05, 4.69) is 36.2 Å². The lowest BCUT2D eigenvalue weighted by molar-refractivity contribution is 0.252. The number of nitrogens with zero attached hydrogens (tertiary/aromatic N) is 1. The van der Waals surface area contributed by atoms with Crippen molar-refractivity contribution in [1.82, 2.24) is 10.2 Å². The molecule has 1 aliphatic rings. The Labute approximate surface area is 128 Å². The third-order valence-corrected chi connectivity index (χ3v) is 4.61. The third kappa shape index (κ3) is 4.21. The number of likely N-dealkylation sites (N-methyl/N-ethyl adjacent to an activating group) is 1. The zero-order valence-corrected chi connectivity index (χ0v) is 13.5. The van der Waals surface area contributed by atoms with Crippen LogP contribution in [0.2, 0.25) is 5.02 Å². The van der Waals surface area contributed by atoms with Crippen molar-refractivity contribution in [2.45, 2.75) is 51.6 Å². The van der Waals surface area contributed by atoms with Gasteiger partial charge in [0.1, 0.15) is 0 Å². The van der Waals surface area contributed by atoms with E-state index in [9.17, 15) is 0 Å². The first kappa shape index (κ1) is 15.8. The van der Waals surface area contributed by atoms with Crippen LogP contribution in [0.15, 0.2) is 24.3 Å². The smallest absolute Gasteiger partial charge is 0.0406 e. The molecule has 0 amide bonds. The molecule has 2 atom stereocenters. The van der Waals surface area contributed by atoms with Crippen LogP contribution < -0.4 is 5.32 Å². The summed E-state index contributed by atoms with van der Waals surface area (Å²) >= 11 is 5.98. The molecule has 0 bridgehead atoms. The molecular formula is C17H27ClN2. The van der Waals surface area contributed by atoms with Gasteiger partial charge in [0.2, 0.25) is 0 Å². The van der Waals surface area contributed by atoms with E-state index < -0.39 is 0 Å². The molecule has 1 fully saturated rings. The molecule has 0 aliphatic carbocycles. The molecule has 2 nitrogen and oxygen atoms in total. The number of likely N-dealkylation sites (tertiary alicyclic amines) is 1. The minimum atomic E-state index is 0.455. The average Bonchev–Trinajstić information content (AvgIpc) is 2.92. The average molecular weight is 295 g/mol. The summed E-state index contributed by atoms with van der Waals surface area (Å²) in [5.41, 5.74) is 1.36. The summed E-state index contributed by atoms with van der Waals surface area (Å²) in [6.45, 7) is 8.05. The van der Waals surface area contributed by atoms with E-state index in [-0.39, 0.29) is 0 Å². The maximum Gasteiger partial charge on any atom is 0.0406 e. The maximum atomic E-state index is 5.98. The Morgan fingerprint density at radius 3 is 2.70 bits per heavy atom. The zero-order chi connectivity index (χ0) is 14.4. The lowest BCUT2D eigenvalue weighted by Gasteiger charge is -2.26. The quantitative estimate of drug-likeness (QED) is 0.808. The van der Waals surface area contributed by atoms with E-state index in [0.29, 0.717) is 12.1 Å². The Balaban J connectivity index is 1.93. The van der Waals surface area contributed by atoms with E-state index >= 15 is 0 Å². The number of hydrogen-bond acceptors (Lipinski definition) is 2. The highest BCUT2D eigenvalue weighted by Gasteiger charge is 2.23. The Morgan fingerprint density at radius 1 is 1.30 bits per heavy atom. The fraction of sp³-hybridized carbons (Fsp3) is 0.647. The molecule has 0 spiro atoms. The van der Waals surface area contributed by atoms with Crippen molar-refractivity contribution in [2.75, 3.05) is 19.6 Å². The van der Waals surface area contributed by atoms with Gasteiger partial charge in [-0.1, -0.05) is 44.0 Å². The molecule has 0 saturated carbocycles. The molecule has 1 saturated heterocycles. The van der Waals surface area contributed by atoms with Crippen LogP contribution in [0.3, 0.4) is 0 Å². The maximum absolute atomic E-state index is 5.98. The van der Waals surface area contributed by atoms with E-state index in [4.69, 9.17) is 11.6 Å². The van der Waals surface area contributed by atoms with Crippen LogP contribution in [0.4, 0.5) is 0 Å². The molecule has 1 heterocycles. The first-order valence-corrected chi connectivity index (χ1v) is 8.35. The summed E-state index contributed by atoms with van der Waals surface area (Å²) in [4.78, 5) is 2.60. The number of rotatable bonds is 7. The third-order valence-electron chi connectivity index (χ3n) is 4.35. The van der Waals surface area contributed by atoms with E-state index in [1.807, 2.05) is 12.1 Å². The van der Waals surface area contributed by atoms with Crippen LogP contribution in [0, 0.1) is 0 Å². The molecule has 1 aromatic rings. The number of nitrogens with one attached hydrogen (secondary N) is 1. The van der Waals surface area contributed by atoms with Gasteiger partial charge in [-0.25, -0.2) is 0 Å². The lowest BCUT2D eigenvalue weighted by atomic mass is 10.0. The predicted octanol–water partition coefficient (Wildman–Crippen LogP) is 4.26. The van der Waals surface area contributed by atoms with Crippen molar-refractivity contribution in [1.29, 1.82) is 0 Å². The van der Waals surface area contributed by atoms with Gasteiger partial charge in [0.05, 0.1) is 0 Å². The van der Waals surface area contributed by atoms with Gasteiger partial charge in [-0.15, -0.1) is 0 Å². The molecule has 0 radical (unpaired) electrons. The van der Waals surface area contributed by atoms with E-state index in [1.165, 1.54) is 44.3 Å². The largest absolute Gasteiger partial charge is 0.308 e. The second-order valence-electron chi connectivity index (χ2n) is 5.73. The van der Waals surface area contributed by atoms with Crippen molar-refractivity contribution in [3.05, 3.63) is 34.9 Å². The van der Waals surface area contributed by atoms with Gasteiger partial charge in [0.15, 0.2) is 0 Å². The Morgan fingerprint density at radius 2 is 2.05 bits per heavy atom. The lowest BCUT2D eigenvalue weighted by Crippen LogP contribution is -2.39. The minimum absolute atomic E-state index is 0.455. The second-order valence-corrected chi connectivity index (χ2v) is 6.16. The summed E-state index contributed by atoms with van der Waals surface area (Å²) in [5, 5.41) is 4.59. The van der Waals surface area contributed by atoms with Crippen LogP contribution in [0.1, 0.15) is 51.1 Å². The molecule has 1 N–H and O–H groups in total. The summed E-state index contributed by atoms with van der Waals surface area (Å²) in [6, 6.07) is 9.47. The van der Waals surface area contributed by atoms with Gasteiger partial charge < -0.3 is 5.32 Å². The van der Waals surface area contributed by atoms with Gasteiger partial charge >= 0.3 is 0 Å². The summed E-state index contributed by atoms with van der Waals surface area (Å²) in [7, 11) is 0. The summed E-state index contributed by atoms with van der Waals surface area (Å²) in [6.07, 6.45) is 5.06. The van der Waals surface area contributed by atoms with Gasteiger partial charge in [-0.3, -0.25) is 4.90 Å². The van der Waals surface area contributed by atoms with Crippen molar-refractivity contribution < 1.29 is 0 Å². The van der Waals surface area contributed by atoms with Crippen molar-refractivity contribution in [3.63, 3.8) is 0 Å². The molecule has 0 aromatic heterocycles. The normalized spacial score (nSPS) is 21.2. The first-order valence-electron chi connectivity index (χ1n) is 7.97. The van der Waals surface area contributed by atoms with Crippen LogP contribution in [0.25, 0.3) is 0 Å². The van der Waals surface area contributed by atoms with E-state index in [0.717, 1.165) is 11.6 Å². The standard InChI is InChI=1S/C17H27ClN2/c1-3-6-17(14-8-10-15(18)11-9-14)19-13-16-7-5-12-20(16)4-2/h8-11,16-17,19H,3-7,12-13H2,1-2H3. The molecule has 2 unspecified atom stereocenters. The number of hydrogen-bond donors (Lipinski definition) is 1. The van der Waals surface area contributed by atoms with Gasteiger partial charge in [0, 0.05) is 23.7 Å². The molecule has 2 rings (SSSR count). The van der Waals surface area contributed by atoms with Gasteiger partial charge in [0.25, 0.3) is 0 Å². The molecule has 112 valence electrons. The molecule has 1 aliphatic heterocycles. The molecule has 3 heteroatoms. The van der Waals surface area contributed by atoms with Crippen LogP contribution >= 0.6 is 11.6 Å². The molecule has 1 aromatic carbocycles. The van der Waals surface area contributed by atoms with Gasteiger partial charge in [-0.2, -0.15) is 0 Å². The van der Waals surface area contributed by atoms with Crippen LogP contribution in [-0.2, 0) is 0 Å². The van der Waals surface area contributed by atoms with Crippen LogP contribution in [0.5, 0.6) is 0 Å². The number of benzene rings is 1. The molecule has 20 heavy (non-hydrogen) atoms. The van der Waals surface area contributed by atoms with Crippen molar-refractivity contribution in [2.24, 2.45) is 0 Å². The minimum Gasteiger partial charge on any atom is -0.308 e. The van der Waals surface area contributed by atoms with E-state index in [1.54, 1.807) is 0 Å². The summed E-state index contributed by atoms with van der Waals surface area (Å²) < 4.78 is 0. The fourth-order valence-electron chi connectivity index (χ4n) is 3.19. The highest BCUT2D eigenvalue weighted by atomic mass is 35.5. The molecular weight excluding hydrogens is 268 g/mol. The highest BCUT2D eigenvalue weighted by molar-refractivity contribution is 6.30. The van der Waals surface area contributed by atoms with Crippen molar-refractivity contribution in [3.8, 4) is 0 Å². The number of halogens is 1. The predicted molar refractivity (Wildman–Crippen MR) is 87.4 cm³/mol. The first-order chi connectivity index (χ1) is 9.74. The SMILES string of the molecule is CCCC(NCC1CCCN1CC)c1ccc(Cl)cc1. The highest BCUT2D eigenvalue weighted by Crippen LogP contribution is 2.22. The van der Waals surface area contributed by atoms with Crippen LogP contribution in [-0.4, -0.2) is 30.6 Å². The monoisotopic (exact) mass is 294 g/mol. The second kappa shape index (κ2) is 8.02. The zero-order valence-electron chi connectivity index (χ0n) is 12.7. The fourth-order valence-corrected chi connectivity index (χ4v) is 3.32.